The lowest BCUT2D eigenvalue weighted by Gasteiger charge is -2.47. The normalized spacial score (nSPS) is 22.8. The van der Waals surface area contributed by atoms with E-state index in [0.29, 0.717) is 0 Å². The van der Waals surface area contributed by atoms with Crippen LogP contribution < -0.4 is 0 Å². The van der Waals surface area contributed by atoms with Crippen molar-refractivity contribution in [3.8, 4) is 0 Å². The van der Waals surface area contributed by atoms with Crippen molar-refractivity contribution >= 4 is 22.6 Å². The highest BCUT2D eigenvalue weighted by atomic mass is 16.6. The molecule has 2 fully saturated rings. The van der Waals surface area contributed by atoms with E-state index in [0.717, 1.165) is 54.0 Å². The summed E-state index contributed by atoms with van der Waals surface area (Å²) in [5, 5.41) is 2.24. The fourth-order valence-corrected chi connectivity index (χ4v) is 5.27. The van der Waals surface area contributed by atoms with Crippen molar-refractivity contribution in [2.75, 3.05) is 0 Å². The lowest BCUT2D eigenvalue weighted by Crippen LogP contribution is -2.55. The Hall–Kier alpha value is -3.14. The third kappa shape index (κ3) is 4.07. The fraction of sp³-hybridized carbons (Fsp3) is 0.333. The lowest BCUT2D eigenvalue weighted by molar-refractivity contribution is 0.00473. The standard InChI is InChI=1S/C27H27NO3/c29-26(22-14-13-20-9-4-5-10-21(20)15-22)23-16-24-11-6-12-25(17-23)28(24)27(30)31-18-19-7-2-1-3-8-19/h1-5,7-10,13-15,23-25H,6,11-12,16-18H2. The Balaban J connectivity index is 1.29. The monoisotopic (exact) mass is 413 g/mol. The Bertz CT molecular complexity index is 1080. The third-order valence-corrected chi connectivity index (χ3v) is 6.80. The Morgan fingerprint density at radius 1 is 0.839 bits per heavy atom. The highest BCUT2D eigenvalue weighted by Gasteiger charge is 2.43. The predicted molar refractivity (Wildman–Crippen MR) is 121 cm³/mol. The van der Waals surface area contributed by atoms with Gasteiger partial charge in [0.15, 0.2) is 5.78 Å². The number of Topliss-reactive ketones (excluding diaryl/α,β-unsaturated/α-hetero) is 1. The number of ether oxygens (including phenoxy) is 1. The van der Waals surface area contributed by atoms with Gasteiger partial charge in [0, 0.05) is 23.6 Å². The summed E-state index contributed by atoms with van der Waals surface area (Å²) in [6, 6.07) is 24.0. The van der Waals surface area contributed by atoms with Gasteiger partial charge in [0.05, 0.1) is 0 Å². The van der Waals surface area contributed by atoms with Crippen LogP contribution in [0.25, 0.3) is 10.8 Å². The number of nitrogens with zero attached hydrogens (tertiary/aromatic N) is 1. The van der Waals surface area contributed by atoms with E-state index in [-0.39, 0.29) is 36.5 Å². The predicted octanol–water partition coefficient (Wildman–Crippen LogP) is 5.99. The average Bonchev–Trinajstić information content (AvgIpc) is 2.81. The van der Waals surface area contributed by atoms with Crippen molar-refractivity contribution in [1.29, 1.82) is 0 Å². The van der Waals surface area contributed by atoms with Gasteiger partial charge in [-0.3, -0.25) is 4.79 Å². The Labute approximate surface area is 182 Å². The van der Waals surface area contributed by atoms with Gasteiger partial charge >= 0.3 is 6.09 Å². The van der Waals surface area contributed by atoms with Gasteiger partial charge in [-0.1, -0.05) is 66.7 Å². The second kappa shape index (κ2) is 8.54. The number of hydrogen-bond acceptors (Lipinski definition) is 3. The second-order valence-corrected chi connectivity index (χ2v) is 8.78. The van der Waals surface area contributed by atoms with Crippen LogP contribution in [0.3, 0.4) is 0 Å². The van der Waals surface area contributed by atoms with Crippen molar-refractivity contribution in [3.63, 3.8) is 0 Å². The molecule has 0 saturated carbocycles. The molecule has 0 aliphatic carbocycles. The number of fused-ring (bicyclic) bond motifs is 3. The smallest absolute Gasteiger partial charge is 0.410 e. The zero-order valence-electron chi connectivity index (χ0n) is 17.6. The Morgan fingerprint density at radius 3 is 2.26 bits per heavy atom. The molecular formula is C27H27NO3. The van der Waals surface area contributed by atoms with Gasteiger partial charge in [-0.05, 0) is 54.5 Å². The first-order valence-electron chi connectivity index (χ1n) is 11.2. The molecule has 0 radical (unpaired) electrons. The van der Waals surface area contributed by atoms with Gasteiger partial charge in [-0.15, -0.1) is 0 Å². The van der Waals surface area contributed by atoms with E-state index < -0.39 is 0 Å². The SMILES string of the molecule is O=C(c1ccc2ccccc2c1)C1CC2CCCC(C1)N2C(=O)OCc1ccccc1. The first-order chi connectivity index (χ1) is 15.2. The largest absolute Gasteiger partial charge is 0.445 e. The number of piperidine rings is 2. The molecule has 31 heavy (non-hydrogen) atoms. The molecule has 2 bridgehead atoms. The lowest BCUT2D eigenvalue weighted by atomic mass is 9.75. The van der Waals surface area contributed by atoms with Gasteiger partial charge < -0.3 is 9.64 Å². The second-order valence-electron chi connectivity index (χ2n) is 8.78. The number of carbonyl (C=O) groups excluding carboxylic acids is 2. The molecule has 3 aromatic carbocycles. The molecule has 4 heteroatoms. The summed E-state index contributed by atoms with van der Waals surface area (Å²) in [5.41, 5.74) is 1.77. The molecule has 2 aliphatic heterocycles. The third-order valence-electron chi connectivity index (χ3n) is 6.80. The molecule has 3 aromatic rings. The maximum Gasteiger partial charge on any atom is 0.410 e. The van der Waals surface area contributed by atoms with Crippen molar-refractivity contribution < 1.29 is 14.3 Å². The summed E-state index contributed by atoms with van der Waals surface area (Å²) in [6.07, 6.45) is 4.20. The van der Waals surface area contributed by atoms with E-state index in [1.165, 1.54) is 0 Å². The van der Waals surface area contributed by atoms with Crippen LogP contribution in [0.2, 0.25) is 0 Å². The van der Waals surface area contributed by atoms with E-state index in [2.05, 4.69) is 6.07 Å². The summed E-state index contributed by atoms with van der Waals surface area (Å²) < 4.78 is 5.63. The molecule has 4 nitrogen and oxygen atoms in total. The van der Waals surface area contributed by atoms with Crippen molar-refractivity contribution in [3.05, 3.63) is 83.9 Å². The van der Waals surface area contributed by atoms with E-state index >= 15 is 0 Å². The zero-order valence-corrected chi connectivity index (χ0v) is 17.6. The number of benzene rings is 3. The minimum absolute atomic E-state index is 0.0327. The van der Waals surface area contributed by atoms with Crippen LogP contribution in [0.5, 0.6) is 0 Å². The van der Waals surface area contributed by atoms with E-state index in [4.69, 9.17) is 4.74 Å². The summed E-state index contributed by atoms with van der Waals surface area (Å²) in [6.45, 7) is 0.287. The van der Waals surface area contributed by atoms with Crippen molar-refractivity contribution in [2.45, 2.75) is 50.8 Å². The van der Waals surface area contributed by atoms with Crippen molar-refractivity contribution in [1.82, 2.24) is 4.90 Å². The van der Waals surface area contributed by atoms with Crippen LogP contribution in [-0.4, -0.2) is 28.9 Å². The van der Waals surface area contributed by atoms with Gasteiger partial charge in [-0.25, -0.2) is 4.79 Å². The summed E-state index contributed by atoms with van der Waals surface area (Å²) in [4.78, 5) is 28.2. The van der Waals surface area contributed by atoms with E-state index in [1.54, 1.807) is 0 Å². The van der Waals surface area contributed by atoms with Crippen LogP contribution >= 0.6 is 0 Å². The molecule has 2 saturated heterocycles. The molecular weight excluding hydrogens is 386 g/mol. The minimum Gasteiger partial charge on any atom is -0.445 e. The number of amides is 1. The quantitative estimate of drug-likeness (QED) is 0.493. The molecule has 2 atom stereocenters. The highest BCUT2D eigenvalue weighted by Crippen LogP contribution is 2.39. The highest BCUT2D eigenvalue weighted by molar-refractivity contribution is 6.01. The van der Waals surface area contributed by atoms with Gasteiger partial charge in [0.1, 0.15) is 6.61 Å². The molecule has 2 aliphatic rings. The summed E-state index contributed by atoms with van der Waals surface area (Å²) >= 11 is 0. The molecule has 2 unspecified atom stereocenters. The molecule has 0 N–H and O–H groups in total. The molecule has 0 aromatic heterocycles. The number of rotatable bonds is 4. The topological polar surface area (TPSA) is 46.6 Å². The zero-order chi connectivity index (χ0) is 21.2. The van der Waals surface area contributed by atoms with Crippen LogP contribution in [0, 0.1) is 5.92 Å². The number of hydrogen-bond donors (Lipinski definition) is 0. The van der Waals surface area contributed by atoms with Gasteiger partial charge in [0.25, 0.3) is 0 Å². The van der Waals surface area contributed by atoms with E-state index in [9.17, 15) is 9.59 Å². The Morgan fingerprint density at radius 2 is 1.52 bits per heavy atom. The molecule has 2 heterocycles. The Kier molecular flexibility index (Phi) is 5.46. The first kappa shape index (κ1) is 19.8. The van der Waals surface area contributed by atoms with Crippen LogP contribution in [0.15, 0.2) is 72.8 Å². The van der Waals surface area contributed by atoms with E-state index in [1.807, 2.05) is 71.6 Å². The fourth-order valence-electron chi connectivity index (χ4n) is 5.27. The molecule has 158 valence electrons. The number of ketones is 1. The van der Waals surface area contributed by atoms with Crippen LogP contribution in [0.1, 0.15) is 48.0 Å². The molecule has 0 spiro atoms. The van der Waals surface area contributed by atoms with Crippen molar-refractivity contribution in [2.24, 2.45) is 5.92 Å². The molecule has 5 rings (SSSR count). The summed E-state index contributed by atoms with van der Waals surface area (Å²) in [7, 11) is 0. The molecule has 1 amide bonds. The van der Waals surface area contributed by atoms with Gasteiger partial charge in [-0.2, -0.15) is 0 Å². The maximum atomic E-state index is 13.3. The first-order valence-corrected chi connectivity index (χ1v) is 11.2. The van der Waals surface area contributed by atoms with Crippen LogP contribution in [0.4, 0.5) is 4.79 Å². The average molecular weight is 414 g/mol. The minimum atomic E-state index is -0.241. The van der Waals surface area contributed by atoms with Crippen LogP contribution in [-0.2, 0) is 11.3 Å². The summed E-state index contributed by atoms with van der Waals surface area (Å²) in [5.74, 6) is 0.176. The van der Waals surface area contributed by atoms with Gasteiger partial charge in [0.2, 0.25) is 0 Å². The maximum absolute atomic E-state index is 13.3. The number of carbonyl (C=O) groups is 2.